The Kier molecular flexibility index (Phi) is 11.9. The number of benzene rings is 1. The number of nitrogens with zero attached hydrogens (tertiary/aromatic N) is 1. The average Bonchev–Trinajstić information content (AvgIpc) is 3.78. The van der Waals surface area contributed by atoms with E-state index in [1.165, 1.54) is 6.92 Å². The summed E-state index contributed by atoms with van der Waals surface area (Å²) in [6, 6.07) is 3.87. The van der Waals surface area contributed by atoms with Crippen LogP contribution in [0.5, 0.6) is 5.75 Å². The number of allylic oxidation sites excluding steroid dienone is 1. The second kappa shape index (κ2) is 15.6. The Balaban J connectivity index is 1.50. The third kappa shape index (κ3) is 9.59. The van der Waals surface area contributed by atoms with Crippen LogP contribution in [0.2, 0.25) is 0 Å². The summed E-state index contributed by atoms with van der Waals surface area (Å²) >= 11 is 0. The zero-order valence-electron chi connectivity index (χ0n) is 25.9. The SMILES string of the molecule is COc1ccc(CC(NC(=O)[C@@H](NC(=O)CN2CCOCC2)[C@@H](C)O)C(=O)NC(CC2=CCCCC2)C(=O)C2(C)CO2)cc1. The highest BCUT2D eigenvalue weighted by atomic mass is 16.6. The van der Waals surface area contributed by atoms with Gasteiger partial charge in [-0.15, -0.1) is 0 Å². The predicted octanol–water partition coefficient (Wildman–Crippen LogP) is 0.654. The first-order valence-electron chi connectivity index (χ1n) is 15.5. The summed E-state index contributed by atoms with van der Waals surface area (Å²) in [6.45, 7) is 5.67. The average molecular weight is 615 g/mol. The van der Waals surface area contributed by atoms with Crippen LogP contribution in [0.25, 0.3) is 0 Å². The monoisotopic (exact) mass is 614 g/mol. The van der Waals surface area contributed by atoms with Crippen molar-refractivity contribution < 1.29 is 38.5 Å². The number of Topliss-reactive ketones (excluding diaryl/α,β-unsaturated/α-hetero) is 1. The maximum atomic E-state index is 13.9. The number of nitrogens with one attached hydrogen (secondary N) is 3. The van der Waals surface area contributed by atoms with E-state index in [2.05, 4.69) is 22.0 Å². The lowest BCUT2D eigenvalue weighted by atomic mass is 9.89. The van der Waals surface area contributed by atoms with E-state index in [1.54, 1.807) is 38.3 Å². The largest absolute Gasteiger partial charge is 0.497 e. The first-order valence-corrected chi connectivity index (χ1v) is 15.5. The number of carbonyl (C=O) groups is 4. The molecule has 2 heterocycles. The number of ketones is 1. The van der Waals surface area contributed by atoms with Crippen molar-refractivity contribution in [3.63, 3.8) is 0 Å². The standard InChI is InChI=1S/C32H46N4O8/c1-21(37)28(35-27(38)19-36-13-15-43-16-14-36)31(41)34-26(18-23-9-11-24(42-3)12-10-23)30(40)33-25(29(39)32(2)20-44-32)17-22-7-5-4-6-8-22/h7,9-12,21,25-26,28,37H,4-6,8,13-20H2,1-3H3,(H,33,40)(H,34,41)(H,35,38)/t21-,25?,26?,28+,32?/m1/s1. The van der Waals surface area contributed by atoms with Gasteiger partial charge in [0.2, 0.25) is 17.7 Å². The highest BCUT2D eigenvalue weighted by Gasteiger charge is 2.50. The van der Waals surface area contributed by atoms with Crippen molar-refractivity contribution in [3.8, 4) is 5.75 Å². The van der Waals surface area contributed by atoms with Gasteiger partial charge in [-0.3, -0.25) is 24.1 Å². The smallest absolute Gasteiger partial charge is 0.245 e. The molecular weight excluding hydrogens is 568 g/mol. The first-order chi connectivity index (χ1) is 21.1. The van der Waals surface area contributed by atoms with Crippen molar-refractivity contribution in [3.05, 3.63) is 41.5 Å². The molecule has 12 nitrogen and oxygen atoms in total. The molecule has 3 amide bonds. The van der Waals surface area contributed by atoms with Gasteiger partial charge in [0.15, 0.2) is 5.78 Å². The molecule has 0 saturated carbocycles. The van der Waals surface area contributed by atoms with E-state index >= 15 is 0 Å². The minimum absolute atomic E-state index is 0.0517. The normalized spacial score (nSPS) is 22.9. The highest BCUT2D eigenvalue weighted by Crippen LogP contribution is 2.31. The van der Waals surface area contributed by atoms with E-state index in [0.29, 0.717) is 45.1 Å². The summed E-state index contributed by atoms with van der Waals surface area (Å²) in [6.07, 6.45) is 5.31. The number of hydrogen-bond acceptors (Lipinski definition) is 9. The van der Waals surface area contributed by atoms with Gasteiger partial charge < -0.3 is 35.3 Å². The Morgan fingerprint density at radius 2 is 1.68 bits per heavy atom. The van der Waals surface area contributed by atoms with Gasteiger partial charge >= 0.3 is 0 Å². The van der Waals surface area contributed by atoms with E-state index in [4.69, 9.17) is 14.2 Å². The molecule has 44 heavy (non-hydrogen) atoms. The topological polar surface area (TPSA) is 159 Å². The molecule has 2 aliphatic heterocycles. The Bertz CT molecular complexity index is 1190. The lowest BCUT2D eigenvalue weighted by Gasteiger charge is -2.29. The number of rotatable bonds is 15. The Morgan fingerprint density at radius 3 is 2.27 bits per heavy atom. The molecule has 0 aromatic heterocycles. The number of aliphatic hydroxyl groups excluding tert-OH is 1. The number of aliphatic hydroxyl groups is 1. The summed E-state index contributed by atoms with van der Waals surface area (Å²) in [5.41, 5.74) is 0.919. The first kappa shape index (κ1) is 33.6. The maximum Gasteiger partial charge on any atom is 0.245 e. The van der Waals surface area contributed by atoms with Gasteiger partial charge in [-0.05, 0) is 63.6 Å². The van der Waals surface area contributed by atoms with Gasteiger partial charge in [0.1, 0.15) is 23.4 Å². The molecule has 0 spiro atoms. The van der Waals surface area contributed by atoms with Crippen LogP contribution in [0.1, 0.15) is 51.5 Å². The van der Waals surface area contributed by atoms with Crippen LogP contribution >= 0.6 is 0 Å². The molecule has 5 atom stereocenters. The molecule has 0 radical (unpaired) electrons. The van der Waals surface area contributed by atoms with Crippen molar-refractivity contribution >= 4 is 23.5 Å². The Morgan fingerprint density at radius 1 is 1.00 bits per heavy atom. The minimum atomic E-state index is -1.29. The van der Waals surface area contributed by atoms with Gasteiger partial charge in [-0.1, -0.05) is 23.8 Å². The fraction of sp³-hybridized carbons (Fsp3) is 0.625. The molecular formula is C32H46N4O8. The van der Waals surface area contributed by atoms with Crippen LogP contribution in [0.15, 0.2) is 35.9 Å². The van der Waals surface area contributed by atoms with Crippen LogP contribution < -0.4 is 20.7 Å². The predicted molar refractivity (Wildman–Crippen MR) is 162 cm³/mol. The number of epoxide rings is 1. The molecule has 0 bridgehead atoms. The van der Waals surface area contributed by atoms with E-state index in [0.717, 1.165) is 36.8 Å². The van der Waals surface area contributed by atoms with Crippen LogP contribution in [-0.2, 0) is 35.1 Å². The number of ether oxygens (including phenoxy) is 3. The van der Waals surface area contributed by atoms with E-state index in [1.807, 2.05) is 4.90 Å². The van der Waals surface area contributed by atoms with E-state index in [-0.39, 0.29) is 18.7 Å². The molecule has 242 valence electrons. The number of morpholine rings is 1. The molecule has 3 aliphatic rings. The zero-order chi connectivity index (χ0) is 31.7. The second-order valence-electron chi connectivity index (χ2n) is 12.0. The Labute approximate surface area is 258 Å². The van der Waals surface area contributed by atoms with Gasteiger partial charge in [0.05, 0.1) is 45.6 Å². The third-order valence-electron chi connectivity index (χ3n) is 8.37. The summed E-state index contributed by atoms with van der Waals surface area (Å²) < 4.78 is 16.0. The Hall–Kier alpha value is -3.32. The van der Waals surface area contributed by atoms with Crippen LogP contribution in [0, 0.1) is 0 Å². The quantitative estimate of drug-likeness (QED) is 0.164. The molecule has 4 N–H and O–H groups in total. The van der Waals surface area contributed by atoms with Crippen molar-refractivity contribution in [2.75, 3.05) is 46.6 Å². The summed E-state index contributed by atoms with van der Waals surface area (Å²) in [4.78, 5) is 55.5. The van der Waals surface area contributed by atoms with Crippen LogP contribution in [0.4, 0.5) is 0 Å². The maximum absolute atomic E-state index is 13.9. The molecule has 1 aromatic rings. The van der Waals surface area contributed by atoms with Gasteiger partial charge in [-0.25, -0.2) is 0 Å². The van der Waals surface area contributed by atoms with Crippen molar-refractivity contribution in [2.45, 2.75) is 82.2 Å². The summed E-state index contributed by atoms with van der Waals surface area (Å²) in [5.74, 6) is -1.24. The summed E-state index contributed by atoms with van der Waals surface area (Å²) in [5, 5.41) is 18.7. The van der Waals surface area contributed by atoms with Gasteiger partial charge in [0, 0.05) is 19.5 Å². The van der Waals surface area contributed by atoms with E-state index < -0.39 is 47.6 Å². The number of amides is 3. The second-order valence-corrected chi connectivity index (χ2v) is 12.0. The minimum Gasteiger partial charge on any atom is -0.497 e. The van der Waals surface area contributed by atoms with Crippen LogP contribution in [0.3, 0.4) is 0 Å². The molecule has 2 saturated heterocycles. The van der Waals surface area contributed by atoms with Crippen molar-refractivity contribution in [2.24, 2.45) is 0 Å². The molecule has 1 aliphatic carbocycles. The molecule has 12 heteroatoms. The van der Waals surface area contributed by atoms with Crippen LogP contribution in [-0.4, -0.2) is 110 Å². The molecule has 3 unspecified atom stereocenters. The summed E-state index contributed by atoms with van der Waals surface area (Å²) in [7, 11) is 1.55. The van der Waals surface area contributed by atoms with Gasteiger partial charge in [-0.2, -0.15) is 0 Å². The third-order valence-corrected chi connectivity index (χ3v) is 8.37. The molecule has 4 rings (SSSR count). The number of carbonyl (C=O) groups excluding carboxylic acids is 4. The zero-order valence-corrected chi connectivity index (χ0v) is 25.9. The highest BCUT2D eigenvalue weighted by molar-refractivity contribution is 5.98. The fourth-order valence-electron chi connectivity index (χ4n) is 5.51. The lowest BCUT2D eigenvalue weighted by molar-refractivity contribution is -0.136. The van der Waals surface area contributed by atoms with Crippen molar-refractivity contribution in [1.29, 1.82) is 0 Å². The molecule has 2 fully saturated rings. The molecule has 1 aromatic carbocycles. The fourth-order valence-corrected chi connectivity index (χ4v) is 5.51. The number of methoxy groups -OCH3 is 1. The van der Waals surface area contributed by atoms with E-state index in [9.17, 15) is 24.3 Å². The number of hydrogen-bond donors (Lipinski definition) is 4. The van der Waals surface area contributed by atoms with Gasteiger partial charge in [0.25, 0.3) is 0 Å². The van der Waals surface area contributed by atoms with Crippen molar-refractivity contribution in [1.82, 2.24) is 20.9 Å². The lowest BCUT2D eigenvalue weighted by Crippen LogP contribution is -2.60.